The number of carboxylic acid groups (broad SMARTS) is 1. The van der Waals surface area contributed by atoms with Crippen molar-refractivity contribution in [2.45, 2.75) is 32.7 Å². The molecule has 1 heterocycles. The van der Waals surface area contributed by atoms with Crippen molar-refractivity contribution in [3.05, 3.63) is 71.4 Å². The number of nitrogens with one attached hydrogen (secondary N) is 1. The SMILES string of the molecule is CC(C)(C)N1C(=O)C(NCCCOc2cccc(C(=O)O)c2)=C(c2ccccc2)S1(=O)=O. The number of sulfonamides is 1. The van der Waals surface area contributed by atoms with Gasteiger partial charge in [0.25, 0.3) is 15.9 Å². The van der Waals surface area contributed by atoms with Crippen LogP contribution in [0.3, 0.4) is 0 Å². The summed E-state index contributed by atoms with van der Waals surface area (Å²) in [6, 6.07) is 14.7. The zero-order valence-electron chi connectivity index (χ0n) is 18.2. The van der Waals surface area contributed by atoms with Crippen LogP contribution in [0.4, 0.5) is 0 Å². The molecule has 0 bridgehead atoms. The molecule has 1 aliphatic heterocycles. The van der Waals surface area contributed by atoms with Gasteiger partial charge in [0.2, 0.25) is 0 Å². The monoisotopic (exact) mass is 458 g/mol. The van der Waals surface area contributed by atoms with Crippen LogP contribution in [0.2, 0.25) is 0 Å². The summed E-state index contributed by atoms with van der Waals surface area (Å²) < 4.78 is 33.0. The van der Waals surface area contributed by atoms with E-state index < -0.39 is 27.4 Å². The predicted octanol–water partition coefficient (Wildman–Crippen LogP) is 3.08. The largest absolute Gasteiger partial charge is 0.494 e. The van der Waals surface area contributed by atoms with Gasteiger partial charge in [0.05, 0.1) is 17.7 Å². The maximum atomic E-state index is 13.3. The summed E-state index contributed by atoms with van der Waals surface area (Å²) in [4.78, 5) is 24.1. The van der Waals surface area contributed by atoms with Crippen molar-refractivity contribution in [1.82, 2.24) is 9.62 Å². The van der Waals surface area contributed by atoms with E-state index in [4.69, 9.17) is 9.84 Å². The quantitative estimate of drug-likeness (QED) is 0.585. The summed E-state index contributed by atoms with van der Waals surface area (Å²) in [5.74, 6) is -1.21. The number of hydrogen-bond donors (Lipinski definition) is 2. The van der Waals surface area contributed by atoms with Crippen LogP contribution in [0.25, 0.3) is 4.91 Å². The summed E-state index contributed by atoms with van der Waals surface area (Å²) in [7, 11) is -4.02. The smallest absolute Gasteiger partial charge is 0.335 e. The molecule has 2 aromatic carbocycles. The molecule has 0 saturated carbocycles. The van der Waals surface area contributed by atoms with E-state index in [2.05, 4.69) is 5.32 Å². The van der Waals surface area contributed by atoms with Gasteiger partial charge in [-0.25, -0.2) is 17.5 Å². The van der Waals surface area contributed by atoms with Crippen molar-refractivity contribution in [2.24, 2.45) is 0 Å². The van der Waals surface area contributed by atoms with Gasteiger partial charge in [0.1, 0.15) is 16.4 Å². The van der Waals surface area contributed by atoms with E-state index in [0.717, 1.165) is 4.31 Å². The van der Waals surface area contributed by atoms with Gasteiger partial charge in [-0.15, -0.1) is 0 Å². The molecule has 0 unspecified atom stereocenters. The topological polar surface area (TPSA) is 113 Å². The fourth-order valence-corrected chi connectivity index (χ4v) is 5.49. The Balaban J connectivity index is 1.75. The zero-order valence-corrected chi connectivity index (χ0v) is 19.0. The molecule has 0 aromatic heterocycles. The second-order valence-corrected chi connectivity index (χ2v) is 10.0. The average Bonchev–Trinajstić information content (AvgIpc) is 2.93. The van der Waals surface area contributed by atoms with Crippen molar-refractivity contribution in [3.8, 4) is 5.75 Å². The first-order valence-electron chi connectivity index (χ1n) is 10.1. The Labute approximate surface area is 187 Å². The number of benzene rings is 2. The van der Waals surface area contributed by atoms with Crippen LogP contribution < -0.4 is 10.1 Å². The van der Waals surface area contributed by atoms with E-state index in [1.807, 2.05) is 0 Å². The van der Waals surface area contributed by atoms with Crippen LogP contribution in [-0.2, 0) is 14.8 Å². The molecule has 0 aliphatic carbocycles. The lowest BCUT2D eigenvalue weighted by atomic mass is 10.1. The highest BCUT2D eigenvalue weighted by Gasteiger charge is 2.49. The molecule has 2 aromatic rings. The van der Waals surface area contributed by atoms with Crippen molar-refractivity contribution in [1.29, 1.82) is 0 Å². The molecule has 8 nitrogen and oxygen atoms in total. The number of ether oxygens (including phenoxy) is 1. The fraction of sp³-hybridized carbons (Fsp3) is 0.304. The molecule has 0 radical (unpaired) electrons. The van der Waals surface area contributed by atoms with E-state index >= 15 is 0 Å². The minimum atomic E-state index is -4.02. The van der Waals surface area contributed by atoms with Gasteiger partial charge in [-0.2, -0.15) is 0 Å². The highest BCUT2D eigenvalue weighted by molar-refractivity contribution is 7.99. The third-order valence-electron chi connectivity index (χ3n) is 4.74. The molecule has 0 spiro atoms. The standard InChI is InChI=1S/C23H26N2O6S/c1-23(2,3)25-21(26)19(20(32(25,29)30)16-9-5-4-6-10-16)24-13-8-14-31-18-12-7-11-17(15-18)22(27)28/h4-7,9-12,15,24H,8,13-14H2,1-3H3,(H,27,28). The Morgan fingerprint density at radius 3 is 2.41 bits per heavy atom. The second-order valence-electron chi connectivity index (χ2n) is 8.28. The van der Waals surface area contributed by atoms with Gasteiger partial charge < -0.3 is 15.2 Å². The summed E-state index contributed by atoms with van der Waals surface area (Å²) in [5.41, 5.74) is -0.310. The molecule has 2 N–H and O–H groups in total. The van der Waals surface area contributed by atoms with Crippen LogP contribution in [0.5, 0.6) is 5.75 Å². The van der Waals surface area contributed by atoms with Gasteiger partial charge in [0, 0.05) is 6.54 Å². The summed E-state index contributed by atoms with van der Waals surface area (Å²) in [6.07, 6.45) is 0.464. The molecule has 32 heavy (non-hydrogen) atoms. The molecule has 170 valence electrons. The third-order valence-corrected chi connectivity index (χ3v) is 6.89. The number of aromatic carboxylic acids is 1. The van der Waals surface area contributed by atoms with E-state index in [1.165, 1.54) is 12.1 Å². The van der Waals surface area contributed by atoms with Crippen LogP contribution in [0.1, 0.15) is 43.1 Å². The second kappa shape index (κ2) is 9.04. The van der Waals surface area contributed by atoms with Gasteiger partial charge >= 0.3 is 5.97 Å². The van der Waals surface area contributed by atoms with Crippen molar-refractivity contribution < 1.29 is 27.9 Å². The van der Waals surface area contributed by atoms with Crippen molar-refractivity contribution >= 4 is 26.8 Å². The fourth-order valence-electron chi connectivity index (χ4n) is 3.43. The maximum absolute atomic E-state index is 13.3. The normalized spacial score (nSPS) is 15.7. The lowest BCUT2D eigenvalue weighted by Crippen LogP contribution is -2.46. The van der Waals surface area contributed by atoms with E-state index in [1.54, 1.807) is 63.2 Å². The maximum Gasteiger partial charge on any atom is 0.335 e. The molecule has 0 fully saturated rings. The minimum absolute atomic E-state index is 0.0342. The van der Waals surface area contributed by atoms with Crippen LogP contribution in [0, 0.1) is 0 Å². The molecule has 0 saturated heterocycles. The Hall–Kier alpha value is -3.33. The number of rotatable bonds is 8. The molecule has 1 amide bonds. The first kappa shape index (κ1) is 23.3. The van der Waals surface area contributed by atoms with E-state index in [-0.39, 0.29) is 22.8 Å². The zero-order chi connectivity index (χ0) is 23.5. The average molecular weight is 459 g/mol. The van der Waals surface area contributed by atoms with Crippen LogP contribution in [-0.4, -0.2) is 48.4 Å². The Morgan fingerprint density at radius 2 is 1.78 bits per heavy atom. The Kier molecular flexibility index (Phi) is 6.59. The molecule has 1 aliphatic rings. The molecule has 0 atom stereocenters. The van der Waals surface area contributed by atoms with Gasteiger partial charge in [-0.3, -0.25) is 4.79 Å². The molecule has 9 heteroatoms. The molecule has 3 rings (SSSR count). The van der Waals surface area contributed by atoms with Gasteiger partial charge in [-0.1, -0.05) is 36.4 Å². The van der Waals surface area contributed by atoms with E-state index in [0.29, 0.717) is 24.3 Å². The number of carboxylic acids is 1. The first-order chi connectivity index (χ1) is 15.0. The van der Waals surface area contributed by atoms with Crippen LogP contribution in [0.15, 0.2) is 60.3 Å². The Morgan fingerprint density at radius 1 is 1.09 bits per heavy atom. The van der Waals surface area contributed by atoms with Gasteiger partial charge in [0.15, 0.2) is 0 Å². The summed E-state index contributed by atoms with van der Waals surface area (Å²) >= 11 is 0. The number of nitrogens with zero attached hydrogens (tertiary/aromatic N) is 1. The summed E-state index contributed by atoms with van der Waals surface area (Å²) in [6.45, 7) is 5.57. The number of carbonyl (C=O) groups excluding carboxylic acids is 1. The first-order valence-corrected chi connectivity index (χ1v) is 11.6. The highest BCUT2D eigenvalue weighted by atomic mass is 32.2. The van der Waals surface area contributed by atoms with Crippen LogP contribution >= 0.6 is 0 Å². The predicted molar refractivity (Wildman–Crippen MR) is 120 cm³/mol. The number of amides is 1. The van der Waals surface area contributed by atoms with Crippen molar-refractivity contribution in [3.63, 3.8) is 0 Å². The summed E-state index contributed by atoms with van der Waals surface area (Å²) in [5, 5.41) is 12.0. The lowest BCUT2D eigenvalue weighted by molar-refractivity contribution is -0.125. The lowest BCUT2D eigenvalue weighted by Gasteiger charge is -2.30. The Bertz CT molecular complexity index is 1150. The number of hydrogen-bond acceptors (Lipinski definition) is 6. The third kappa shape index (κ3) is 4.77. The van der Waals surface area contributed by atoms with E-state index in [9.17, 15) is 18.0 Å². The molecular weight excluding hydrogens is 432 g/mol. The number of carbonyl (C=O) groups is 2. The molecular formula is C23H26N2O6S. The van der Waals surface area contributed by atoms with Gasteiger partial charge in [-0.05, 0) is 51.0 Å². The highest BCUT2D eigenvalue weighted by Crippen LogP contribution is 2.38. The minimum Gasteiger partial charge on any atom is -0.494 e. The van der Waals surface area contributed by atoms with Crippen molar-refractivity contribution in [2.75, 3.05) is 13.2 Å².